The van der Waals surface area contributed by atoms with E-state index in [0.29, 0.717) is 19.6 Å². The lowest BCUT2D eigenvalue weighted by atomic mass is 10.2. The molecule has 0 saturated carbocycles. The zero-order valence-electron chi connectivity index (χ0n) is 11.8. The number of aryl methyl sites for hydroxylation is 1. The predicted octanol–water partition coefficient (Wildman–Crippen LogP) is 2.04. The second-order valence-corrected chi connectivity index (χ2v) is 5.28. The first-order valence-corrected chi connectivity index (χ1v) is 6.78. The summed E-state index contributed by atoms with van der Waals surface area (Å²) >= 11 is 0. The van der Waals surface area contributed by atoms with Gasteiger partial charge in [0.1, 0.15) is 0 Å². The Bertz CT molecular complexity index is 438. The number of benzene rings is 1. The Kier molecular flexibility index (Phi) is 4.43. The van der Waals surface area contributed by atoms with Gasteiger partial charge in [0, 0.05) is 18.8 Å². The quantitative estimate of drug-likeness (QED) is 0.906. The smallest absolute Gasteiger partial charge is 0.242 e. The van der Waals surface area contributed by atoms with Gasteiger partial charge in [-0.25, -0.2) is 0 Å². The van der Waals surface area contributed by atoms with E-state index in [1.165, 1.54) is 5.56 Å². The monoisotopic (exact) mass is 262 g/mol. The van der Waals surface area contributed by atoms with Crippen molar-refractivity contribution in [2.45, 2.75) is 33.0 Å². The van der Waals surface area contributed by atoms with Gasteiger partial charge in [0.2, 0.25) is 5.91 Å². The molecule has 0 radical (unpaired) electrons. The molecule has 2 unspecified atom stereocenters. The number of hydrogen-bond acceptors (Lipinski definition) is 3. The highest BCUT2D eigenvalue weighted by Gasteiger charge is 2.25. The van der Waals surface area contributed by atoms with E-state index in [0.717, 1.165) is 5.69 Å². The minimum atomic E-state index is 0.117. The molecule has 1 aromatic rings. The van der Waals surface area contributed by atoms with Gasteiger partial charge in [-0.05, 0) is 38.5 Å². The normalized spacial score (nSPS) is 23.2. The van der Waals surface area contributed by atoms with Crippen molar-refractivity contribution in [3.05, 3.63) is 29.8 Å². The Morgan fingerprint density at radius 1 is 1.37 bits per heavy atom. The maximum Gasteiger partial charge on any atom is 0.242 e. The molecule has 2 atom stereocenters. The van der Waals surface area contributed by atoms with Crippen LogP contribution in [0, 0.1) is 6.92 Å². The molecule has 1 amide bonds. The van der Waals surface area contributed by atoms with Crippen LogP contribution in [-0.4, -0.2) is 42.6 Å². The predicted molar refractivity (Wildman–Crippen MR) is 76.3 cm³/mol. The van der Waals surface area contributed by atoms with Crippen molar-refractivity contribution in [3.8, 4) is 0 Å². The number of nitrogens with zero attached hydrogens (tertiary/aromatic N) is 1. The average Bonchev–Trinajstić information content (AvgIpc) is 2.35. The van der Waals surface area contributed by atoms with Crippen LogP contribution in [0.3, 0.4) is 0 Å². The first-order chi connectivity index (χ1) is 9.04. The number of anilines is 1. The van der Waals surface area contributed by atoms with Gasteiger partial charge in [0.05, 0.1) is 18.8 Å². The van der Waals surface area contributed by atoms with Gasteiger partial charge in [-0.15, -0.1) is 0 Å². The number of rotatable bonds is 3. The van der Waals surface area contributed by atoms with E-state index in [9.17, 15) is 4.79 Å². The number of morpholine rings is 1. The van der Waals surface area contributed by atoms with E-state index >= 15 is 0 Å². The number of carbonyl (C=O) groups excluding carboxylic acids is 1. The second kappa shape index (κ2) is 6.06. The van der Waals surface area contributed by atoms with Crippen molar-refractivity contribution in [1.29, 1.82) is 0 Å². The van der Waals surface area contributed by atoms with Gasteiger partial charge >= 0.3 is 0 Å². The number of hydrogen-bond donors (Lipinski definition) is 1. The van der Waals surface area contributed by atoms with Crippen LogP contribution < -0.4 is 5.32 Å². The Labute approximate surface area is 114 Å². The van der Waals surface area contributed by atoms with Crippen LogP contribution in [0.4, 0.5) is 5.69 Å². The van der Waals surface area contributed by atoms with E-state index in [1.54, 1.807) is 0 Å². The molecule has 1 N–H and O–H groups in total. The van der Waals surface area contributed by atoms with Crippen LogP contribution >= 0.6 is 0 Å². The van der Waals surface area contributed by atoms with Crippen LogP contribution in [0.15, 0.2) is 24.3 Å². The Hall–Kier alpha value is -1.55. The minimum absolute atomic E-state index is 0.117. The van der Waals surface area contributed by atoms with Gasteiger partial charge in [-0.1, -0.05) is 12.1 Å². The van der Waals surface area contributed by atoms with Gasteiger partial charge < -0.3 is 15.0 Å². The van der Waals surface area contributed by atoms with Crippen LogP contribution in [0.5, 0.6) is 0 Å². The maximum atomic E-state index is 12.2. The number of amides is 1. The van der Waals surface area contributed by atoms with Crippen molar-refractivity contribution >= 4 is 11.6 Å². The summed E-state index contributed by atoms with van der Waals surface area (Å²) in [6.45, 7) is 7.74. The summed E-state index contributed by atoms with van der Waals surface area (Å²) in [6.07, 6.45) is 0.235. The van der Waals surface area contributed by atoms with Gasteiger partial charge in [0.25, 0.3) is 0 Å². The molecule has 1 saturated heterocycles. The number of nitrogens with one attached hydrogen (secondary N) is 1. The summed E-state index contributed by atoms with van der Waals surface area (Å²) in [5.74, 6) is 0.128. The van der Waals surface area contributed by atoms with Crippen molar-refractivity contribution in [3.63, 3.8) is 0 Å². The Balaban J connectivity index is 1.87. The molecule has 104 valence electrons. The van der Waals surface area contributed by atoms with Gasteiger partial charge in [-0.3, -0.25) is 4.79 Å². The molecule has 1 aliphatic rings. The molecule has 1 aromatic carbocycles. The molecular weight excluding hydrogens is 240 g/mol. The van der Waals surface area contributed by atoms with Crippen molar-refractivity contribution in [1.82, 2.24) is 4.90 Å². The SMILES string of the molecule is Cc1cccc(NCC(=O)N2CC(C)OC(C)C2)c1. The second-order valence-electron chi connectivity index (χ2n) is 5.28. The van der Waals surface area contributed by atoms with Crippen LogP contribution in [0.25, 0.3) is 0 Å². The third-order valence-electron chi connectivity index (χ3n) is 3.23. The first kappa shape index (κ1) is 13.9. The molecule has 1 fully saturated rings. The lowest BCUT2D eigenvalue weighted by Crippen LogP contribution is -2.49. The summed E-state index contributed by atoms with van der Waals surface area (Å²) in [7, 11) is 0. The largest absolute Gasteiger partial charge is 0.376 e. The fourth-order valence-corrected chi connectivity index (χ4v) is 2.43. The lowest BCUT2D eigenvalue weighted by molar-refractivity contribution is -0.141. The molecule has 0 aromatic heterocycles. The molecule has 1 heterocycles. The first-order valence-electron chi connectivity index (χ1n) is 6.78. The topological polar surface area (TPSA) is 41.6 Å². The summed E-state index contributed by atoms with van der Waals surface area (Å²) < 4.78 is 5.63. The molecule has 0 bridgehead atoms. The molecule has 2 rings (SSSR count). The molecule has 4 nitrogen and oxygen atoms in total. The van der Waals surface area contributed by atoms with E-state index in [1.807, 2.05) is 49.9 Å². The highest BCUT2D eigenvalue weighted by atomic mass is 16.5. The van der Waals surface area contributed by atoms with Crippen molar-refractivity contribution in [2.24, 2.45) is 0 Å². The zero-order valence-corrected chi connectivity index (χ0v) is 11.8. The fourth-order valence-electron chi connectivity index (χ4n) is 2.43. The maximum absolute atomic E-state index is 12.2. The minimum Gasteiger partial charge on any atom is -0.376 e. The number of carbonyl (C=O) groups is 1. The summed E-state index contributed by atoms with van der Waals surface area (Å²) in [5, 5.41) is 3.18. The number of ether oxygens (including phenoxy) is 1. The van der Waals surface area contributed by atoms with Crippen molar-refractivity contribution < 1.29 is 9.53 Å². The third kappa shape index (κ3) is 3.96. The van der Waals surface area contributed by atoms with E-state index in [-0.39, 0.29) is 18.1 Å². The lowest BCUT2D eigenvalue weighted by Gasteiger charge is -2.35. The third-order valence-corrected chi connectivity index (χ3v) is 3.23. The molecule has 4 heteroatoms. The zero-order chi connectivity index (χ0) is 13.8. The van der Waals surface area contributed by atoms with Crippen LogP contribution in [0.2, 0.25) is 0 Å². The average molecular weight is 262 g/mol. The highest BCUT2D eigenvalue weighted by molar-refractivity contribution is 5.81. The Morgan fingerprint density at radius 2 is 2.05 bits per heavy atom. The molecular formula is C15H22N2O2. The Morgan fingerprint density at radius 3 is 2.68 bits per heavy atom. The molecule has 0 aliphatic carbocycles. The van der Waals surface area contributed by atoms with E-state index in [2.05, 4.69) is 5.32 Å². The van der Waals surface area contributed by atoms with Crippen LogP contribution in [0.1, 0.15) is 19.4 Å². The van der Waals surface area contributed by atoms with E-state index < -0.39 is 0 Å². The molecule has 0 spiro atoms. The highest BCUT2D eigenvalue weighted by Crippen LogP contribution is 2.12. The fraction of sp³-hybridized carbons (Fsp3) is 0.533. The van der Waals surface area contributed by atoms with E-state index in [4.69, 9.17) is 4.74 Å². The van der Waals surface area contributed by atoms with Gasteiger partial charge in [-0.2, -0.15) is 0 Å². The summed E-state index contributed by atoms with van der Waals surface area (Å²) in [6, 6.07) is 8.04. The summed E-state index contributed by atoms with van der Waals surface area (Å²) in [5.41, 5.74) is 2.17. The van der Waals surface area contributed by atoms with Crippen molar-refractivity contribution in [2.75, 3.05) is 25.0 Å². The van der Waals surface area contributed by atoms with Gasteiger partial charge in [0.15, 0.2) is 0 Å². The standard InChI is InChI=1S/C15H22N2O2/c1-11-5-4-6-14(7-11)16-8-15(18)17-9-12(2)19-13(3)10-17/h4-7,12-13,16H,8-10H2,1-3H3. The molecule has 19 heavy (non-hydrogen) atoms. The summed E-state index contributed by atoms with van der Waals surface area (Å²) in [4.78, 5) is 14.0. The molecule has 1 aliphatic heterocycles. The van der Waals surface area contributed by atoms with Crippen LogP contribution in [-0.2, 0) is 9.53 Å².